The number of ether oxygens (including phenoxy) is 1. The number of para-hydroxylation sites is 1. The van der Waals surface area contributed by atoms with Crippen LogP contribution < -0.4 is 5.32 Å². The lowest BCUT2D eigenvalue weighted by Crippen LogP contribution is -2.56. The van der Waals surface area contributed by atoms with Gasteiger partial charge in [-0.25, -0.2) is 9.59 Å². The zero-order valence-corrected chi connectivity index (χ0v) is 30.6. The van der Waals surface area contributed by atoms with Crippen molar-refractivity contribution in [1.82, 2.24) is 24.5 Å². The van der Waals surface area contributed by atoms with Crippen LogP contribution in [0.2, 0.25) is 0 Å². The average molecular weight is 719 g/mol. The molecule has 2 aromatic rings. The largest absolute Gasteiger partial charge is 0.507 e. The number of carboxylic acids is 1. The number of phenolic OH excluding ortho intramolecular Hbond substituents is 1. The van der Waals surface area contributed by atoms with Gasteiger partial charge in [0.1, 0.15) is 5.75 Å². The number of hydrogen-bond donors (Lipinski definition) is 3. The van der Waals surface area contributed by atoms with E-state index in [1.165, 1.54) is 0 Å². The van der Waals surface area contributed by atoms with Crippen molar-refractivity contribution in [3.8, 4) is 5.75 Å². The van der Waals surface area contributed by atoms with E-state index in [1.807, 2.05) is 60.0 Å². The number of nitrogens with zero attached hydrogens (tertiary/aromatic N) is 5. The Hall–Kier alpha value is -4.36. The summed E-state index contributed by atoms with van der Waals surface area (Å²) in [6.07, 6.45) is 3.59. The summed E-state index contributed by atoms with van der Waals surface area (Å²) in [5.41, 5.74) is 4.19. The quantitative estimate of drug-likeness (QED) is 0.331. The Morgan fingerprint density at radius 1 is 0.865 bits per heavy atom. The molecule has 13 nitrogen and oxygen atoms in total. The van der Waals surface area contributed by atoms with Crippen molar-refractivity contribution in [3.05, 3.63) is 58.7 Å². The molecule has 1 unspecified atom stereocenters. The molecule has 13 heteroatoms. The second kappa shape index (κ2) is 17.0. The highest BCUT2D eigenvalue weighted by molar-refractivity contribution is 5.91. The first-order chi connectivity index (χ1) is 25.0. The van der Waals surface area contributed by atoms with Crippen LogP contribution in [-0.2, 0) is 27.2 Å². The number of hydrogen-bond acceptors (Lipinski definition) is 8. The molecule has 0 aliphatic carbocycles. The molecule has 2 aromatic carbocycles. The average Bonchev–Trinajstić information content (AvgIpc) is 3.31. The number of aryl methyl sites for hydroxylation is 2. The molecule has 0 bridgehead atoms. The summed E-state index contributed by atoms with van der Waals surface area (Å²) in [7, 11) is 0. The van der Waals surface area contributed by atoms with Crippen LogP contribution in [0.3, 0.4) is 0 Å². The number of rotatable bonds is 10. The number of aliphatic carboxylic acids is 1. The van der Waals surface area contributed by atoms with Gasteiger partial charge in [-0.05, 0) is 100 Å². The monoisotopic (exact) mass is 718 g/mol. The Kier molecular flexibility index (Phi) is 12.2. The fourth-order valence-corrected chi connectivity index (χ4v) is 8.32. The normalized spacial score (nSPS) is 20.2. The Labute approximate surface area is 306 Å². The van der Waals surface area contributed by atoms with Gasteiger partial charge in [0.25, 0.3) is 5.91 Å². The zero-order valence-electron chi connectivity index (χ0n) is 30.6. The molecule has 4 heterocycles. The van der Waals surface area contributed by atoms with Crippen molar-refractivity contribution in [2.45, 2.75) is 83.4 Å². The Morgan fingerprint density at radius 3 is 2.19 bits per heavy atom. The number of likely N-dealkylation sites (tertiary alicyclic amines) is 2. The molecular formula is C39H54N6O7. The molecule has 1 atom stereocenters. The lowest BCUT2D eigenvalue weighted by atomic mass is 10.00. The molecule has 0 saturated carbocycles. The SMILES string of the molecule is Cc1cc(CC(OC(=O)N2CCC(N3CCc4ccccc4NC3=O)CC2)C(=O)N2CCN(C3CCN(CCCC(=O)O)CC3)CC2)cc(C)c1O. The molecule has 4 aliphatic heterocycles. The summed E-state index contributed by atoms with van der Waals surface area (Å²) in [4.78, 5) is 61.9. The van der Waals surface area contributed by atoms with Crippen LogP contribution >= 0.6 is 0 Å². The summed E-state index contributed by atoms with van der Waals surface area (Å²) in [6, 6.07) is 11.9. The minimum Gasteiger partial charge on any atom is -0.507 e. The van der Waals surface area contributed by atoms with Crippen LogP contribution in [0.4, 0.5) is 15.3 Å². The van der Waals surface area contributed by atoms with Crippen LogP contribution in [0.5, 0.6) is 5.75 Å². The highest BCUT2D eigenvalue weighted by Gasteiger charge is 2.36. The van der Waals surface area contributed by atoms with Crippen LogP contribution in [0.25, 0.3) is 0 Å². The molecule has 282 valence electrons. The number of amides is 4. The zero-order chi connectivity index (χ0) is 36.8. The number of nitrogens with one attached hydrogen (secondary N) is 1. The van der Waals surface area contributed by atoms with Crippen molar-refractivity contribution < 1.29 is 34.1 Å². The third-order valence-electron chi connectivity index (χ3n) is 11.4. The van der Waals surface area contributed by atoms with Crippen molar-refractivity contribution in [3.63, 3.8) is 0 Å². The Bertz CT molecular complexity index is 1570. The topological polar surface area (TPSA) is 146 Å². The van der Waals surface area contributed by atoms with Gasteiger partial charge >= 0.3 is 18.1 Å². The third-order valence-corrected chi connectivity index (χ3v) is 11.4. The van der Waals surface area contributed by atoms with E-state index in [1.54, 1.807) is 4.90 Å². The van der Waals surface area contributed by atoms with Crippen LogP contribution in [0, 0.1) is 13.8 Å². The van der Waals surface area contributed by atoms with E-state index < -0.39 is 18.2 Å². The molecule has 52 heavy (non-hydrogen) atoms. The highest BCUT2D eigenvalue weighted by atomic mass is 16.6. The van der Waals surface area contributed by atoms with Crippen molar-refractivity contribution in [2.75, 3.05) is 70.8 Å². The number of piperidine rings is 2. The fourth-order valence-electron chi connectivity index (χ4n) is 8.32. The molecule has 3 fully saturated rings. The Balaban J connectivity index is 1.04. The Morgan fingerprint density at radius 2 is 1.52 bits per heavy atom. The number of carboxylic acid groups (broad SMARTS) is 1. The van der Waals surface area contributed by atoms with Gasteiger partial charge in [-0.2, -0.15) is 0 Å². The van der Waals surface area contributed by atoms with Gasteiger partial charge in [0.05, 0.1) is 0 Å². The maximum absolute atomic E-state index is 14.1. The molecular weight excluding hydrogens is 664 g/mol. The molecule has 3 N–H and O–H groups in total. The van der Waals surface area contributed by atoms with Crippen LogP contribution in [0.1, 0.15) is 60.8 Å². The smallest absolute Gasteiger partial charge is 0.410 e. The highest BCUT2D eigenvalue weighted by Crippen LogP contribution is 2.27. The predicted octanol–water partition coefficient (Wildman–Crippen LogP) is 4.08. The van der Waals surface area contributed by atoms with Gasteiger partial charge < -0.3 is 39.9 Å². The first-order valence-corrected chi connectivity index (χ1v) is 18.9. The summed E-state index contributed by atoms with van der Waals surface area (Å²) >= 11 is 0. The number of urea groups is 1. The van der Waals surface area contributed by atoms with Gasteiger partial charge in [0, 0.05) is 76.4 Å². The molecule has 4 aliphatic rings. The van der Waals surface area contributed by atoms with Crippen LogP contribution in [-0.4, -0.2) is 142 Å². The van der Waals surface area contributed by atoms with E-state index in [4.69, 9.17) is 9.84 Å². The van der Waals surface area contributed by atoms with Gasteiger partial charge in [-0.1, -0.05) is 30.3 Å². The van der Waals surface area contributed by atoms with Gasteiger partial charge in [-0.15, -0.1) is 0 Å². The summed E-state index contributed by atoms with van der Waals surface area (Å²) in [5, 5.41) is 22.4. The molecule has 3 saturated heterocycles. The van der Waals surface area contributed by atoms with Gasteiger partial charge in [-0.3, -0.25) is 14.5 Å². The number of fused-ring (bicyclic) bond motifs is 1. The molecule has 6 rings (SSSR count). The minimum atomic E-state index is -1.01. The number of carbonyl (C=O) groups is 4. The second-order valence-electron chi connectivity index (χ2n) is 14.8. The number of aromatic hydroxyl groups is 1. The first kappa shape index (κ1) is 37.4. The van der Waals surface area contributed by atoms with E-state index >= 15 is 0 Å². The molecule has 0 radical (unpaired) electrons. The maximum Gasteiger partial charge on any atom is 0.410 e. The minimum absolute atomic E-state index is 0.000736. The van der Waals surface area contributed by atoms with E-state index in [0.717, 1.165) is 68.8 Å². The third kappa shape index (κ3) is 9.16. The van der Waals surface area contributed by atoms with Crippen molar-refractivity contribution in [2.24, 2.45) is 0 Å². The summed E-state index contributed by atoms with van der Waals surface area (Å²) in [5.74, 6) is -0.740. The molecule has 0 spiro atoms. The van der Waals surface area contributed by atoms with Gasteiger partial charge in [0.15, 0.2) is 6.10 Å². The molecule has 4 amide bonds. The standard InChI is InChI=1S/C39H54N6O7/c1-27-24-29(25-28(2)36(27)48)26-34(37(49)43-22-20-42(21-23-43)31-10-15-41(16-11-31)14-5-8-35(46)47)52-39(51)44-17-12-32(13-18-44)45-19-9-30-6-3-4-7-33(30)40-38(45)50/h3-4,6-7,24-25,31-32,34,48H,5,8-23,26H2,1-2H3,(H,40,50)(H,46,47). The number of phenols is 1. The summed E-state index contributed by atoms with van der Waals surface area (Å²) in [6.45, 7) is 10.4. The lowest BCUT2D eigenvalue weighted by molar-refractivity contribution is -0.143. The van der Waals surface area contributed by atoms with Crippen molar-refractivity contribution in [1.29, 1.82) is 0 Å². The second-order valence-corrected chi connectivity index (χ2v) is 14.8. The number of benzene rings is 2. The van der Waals surface area contributed by atoms with E-state index in [0.29, 0.717) is 69.2 Å². The number of carbonyl (C=O) groups excluding carboxylic acids is 3. The van der Waals surface area contributed by atoms with E-state index in [-0.39, 0.29) is 36.6 Å². The van der Waals surface area contributed by atoms with Gasteiger partial charge in [0.2, 0.25) is 0 Å². The number of piperazine rings is 1. The number of anilines is 1. The maximum atomic E-state index is 14.1. The van der Waals surface area contributed by atoms with E-state index in [9.17, 15) is 24.3 Å². The first-order valence-electron chi connectivity index (χ1n) is 18.9. The lowest BCUT2D eigenvalue weighted by Gasteiger charge is -2.43. The molecule has 0 aromatic heterocycles. The summed E-state index contributed by atoms with van der Waals surface area (Å²) < 4.78 is 6.07. The fraction of sp³-hybridized carbons (Fsp3) is 0.590. The predicted molar refractivity (Wildman–Crippen MR) is 197 cm³/mol. The van der Waals surface area contributed by atoms with E-state index in [2.05, 4.69) is 15.1 Å². The van der Waals surface area contributed by atoms with Crippen LogP contribution in [0.15, 0.2) is 36.4 Å². The van der Waals surface area contributed by atoms with Crippen molar-refractivity contribution >= 4 is 29.7 Å².